The van der Waals surface area contributed by atoms with E-state index in [9.17, 15) is 0 Å². The Hall–Kier alpha value is -1.60. The molecule has 0 N–H and O–H groups in total. The number of unbranched alkanes of at least 4 members (excludes halogenated alkanes) is 32. The maximum atomic E-state index is 5.43. The quantitative estimate of drug-likeness (QED) is 0.0363. The van der Waals surface area contributed by atoms with Gasteiger partial charge in [-0.3, -0.25) is 0 Å². The zero-order valence-electron chi connectivity index (χ0n) is 47.7. The predicted molar refractivity (Wildman–Crippen MR) is 331 cm³/mol. The molecule has 2 unspecified atom stereocenters. The van der Waals surface area contributed by atoms with Gasteiger partial charge in [0, 0.05) is 9.75 Å². The Morgan fingerprint density at radius 2 is 0.569 bits per heavy atom. The Kier molecular flexibility index (Phi) is 32.4. The van der Waals surface area contributed by atoms with Crippen LogP contribution in [0.2, 0.25) is 0 Å². The Balaban J connectivity index is 1.18. The standard InChI is InChI=1S/C66H108N2S4/c1-7-11-15-19-23-27-29-33-37-41-45-55(43-39-35-31-25-21-17-13-9-3)51-57-47-49-59(69-57)65-67-61-53(5)64-62(54(6)63(61)71-65)68-66(72-64)60-50-48-58(70-60)52-56(44-40-36-32-26-22-18-14-10-4)46-42-38-34-30-28-24-20-16-12-8-2/h47-50,55-56H,7-46,51-52H2,1-6H3. The molecule has 5 aromatic rings. The molecule has 1 aromatic carbocycles. The molecule has 4 aromatic heterocycles. The van der Waals surface area contributed by atoms with Gasteiger partial charge in [0.25, 0.3) is 0 Å². The minimum absolute atomic E-state index is 0.812. The Morgan fingerprint density at radius 1 is 0.319 bits per heavy atom. The molecule has 0 amide bonds. The molecule has 0 fully saturated rings. The number of fused-ring (bicyclic) bond motifs is 2. The van der Waals surface area contributed by atoms with Gasteiger partial charge in [-0.05, 0) is 73.9 Å². The second-order valence-corrected chi connectivity index (χ2v) is 27.1. The third-order valence-electron chi connectivity index (χ3n) is 16.2. The maximum absolute atomic E-state index is 5.43. The van der Waals surface area contributed by atoms with Crippen LogP contribution in [0.5, 0.6) is 0 Å². The SMILES string of the molecule is CCCCCCCCCCCCC(CCCCCCCCCC)Cc1ccc(-c2nc3c(C)c4sc(-c5ccc(CC(CCCCCCCCCC)CCCCCCCCCCCC)s5)nc4c(C)c3s2)s1. The van der Waals surface area contributed by atoms with Crippen molar-refractivity contribution in [3.05, 3.63) is 45.1 Å². The van der Waals surface area contributed by atoms with Crippen molar-refractivity contribution in [1.29, 1.82) is 0 Å². The lowest BCUT2D eigenvalue weighted by Crippen LogP contribution is -2.04. The van der Waals surface area contributed by atoms with Crippen molar-refractivity contribution in [2.75, 3.05) is 0 Å². The molecule has 4 heterocycles. The third kappa shape index (κ3) is 22.9. The lowest BCUT2D eigenvalue weighted by atomic mass is 9.91. The number of aryl methyl sites for hydroxylation is 2. The van der Waals surface area contributed by atoms with Gasteiger partial charge in [-0.1, -0.05) is 285 Å². The maximum Gasteiger partial charge on any atom is 0.134 e. The molecular formula is C66H108N2S4. The van der Waals surface area contributed by atoms with Crippen molar-refractivity contribution in [3.8, 4) is 19.8 Å². The molecule has 2 nitrogen and oxygen atoms in total. The summed E-state index contributed by atoms with van der Waals surface area (Å²) in [6.07, 6.45) is 59.2. The van der Waals surface area contributed by atoms with E-state index in [2.05, 4.69) is 65.8 Å². The topological polar surface area (TPSA) is 25.8 Å². The molecule has 5 rings (SSSR count). The van der Waals surface area contributed by atoms with E-state index in [1.54, 1.807) is 9.75 Å². The average Bonchev–Trinajstić information content (AvgIpc) is 4.23. The zero-order valence-corrected chi connectivity index (χ0v) is 51.0. The van der Waals surface area contributed by atoms with Gasteiger partial charge in [-0.25, -0.2) is 9.97 Å². The molecule has 406 valence electrons. The number of rotatable bonds is 46. The fourth-order valence-corrected chi connectivity index (χ4v) is 16.1. The van der Waals surface area contributed by atoms with Crippen LogP contribution in [0.15, 0.2) is 24.3 Å². The van der Waals surface area contributed by atoms with Gasteiger partial charge in [0.2, 0.25) is 0 Å². The zero-order chi connectivity index (χ0) is 50.9. The first-order valence-corrected chi connectivity index (χ1v) is 34.6. The Bertz CT molecular complexity index is 1900. The van der Waals surface area contributed by atoms with E-state index >= 15 is 0 Å². The fourth-order valence-electron chi connectivity index (χ4n) is 11.5. The summed E-state index contributed by atoms with van der Waals surface area (Å²) in [7, 11) is 0. The summed E-state index contributed by atoms with van der Waals surface area (Å²) >= 11 is 7.85. The van der Waals surface area contributed by atoms with E-state index < -0.39 is 0 Å². The summed E-state index contributed by atoms with van der Waals surface area (Å²) < 4.78 is 2.66. The lowest BCUT2D eigenvalue weighted by molar-refractivity contribution is 0.401. The molecule has 0 spiro atoms. The van der Waals surface area contributed by atoms with Crippen LogP contribution < -0.4 is 0 Å². The van der Waals surface area contributed by atoms with Crippen LogP contribution in [0.3, 0.4) is 0 Å². The summed E-state index contributed by atoms with van der Waals surface area (Å²) in [4.78, 5) is 16.7. The predicted octanol–water partition coefficient (Wildman–Crippen LogP) is 25.0. The van der Waals surface area contributed by atoms with E-state index in [4.69, 9.17) is 9.97 Å². The lowest BCUT2D eigenvalue weighted by Gasteiger charge is -2.16. The highest BCUT2D eigenvalue weighted by Crippen LogP contribution is 2.45. The first-order valence-electron chi connectivity index (χ1n) is 31.3. The highest BCUT2D eigenvalue weighted by Gasteiger charge is 2.21. The van der Waals surface area contributed by atoms with E-state index in [-0.39, 0.29) is 0 Å². The summed E-state index contributed by atoms with van der Waals surface area (Å²) in [5.74, 6) is 1.62. The van der Waals surface area contributed by atoms with Crippen LogP contribution in [0.1, 0.15) is 305 Å². The smallest absolute Gasteiger partial charge is 0.134 e. The van der Waals surface area contributed by atoms with E-state index in [0.717, 1.165) is 11.8 Å². The number of hydrogen-bond acceptors (Lipinski definition) is 6. The third-order valence-corrected chi connectivity index (χ3v) is 21.1. The highest BCUT2D eigenvalue weighted by molar-refractivity contribution is 7.27. The molecule has 6 heteroatoms. The van der Waals surface area contributed by atoms with Gasteiger partial charge in [-0.15, -0.1) is 45.3 Å². The van der Waals surface area contributed by atoms with Crippen molar-refractivity contribution >= 4 is 65.8 Å². The first-order chi connectivity index (χ1) is 35.4. The van der Waals surface area contributed by atoms with Gasteiger partial charge >= 0.3 is 0 Å². The molecule has 0 aliphatic carbocycles. The molecule has 0 aliphatic rings. The average molecular weight is 1060 g/mol. The van der Waals surface area contributed by atoms with Gasteiger partial charge in [0.1, 0.15) is 10.0 Å². The fraction of sp³-hybridized carbons (Fsp3) is 0.758. The minimum Gasteiger partial charge on any atom is -0.235 e. The van der Waals surface area contributed by atoms with Crippen LogP contribution in [0.25, 0.3) is 40.2 Å². The van der Waals surface area contributed by atoms with Crippen LogP contribution in [0.4, 0.5) is 0 Å². The number of nitrogens with zero attached hydrogens (tertiary/aromatic N) is 2. The highest BCUT2D eigenvalue weighted by atomic mass is 32.1. The molecule has 0 bridgehead atoms. The number of thiophene rings is 2. The summed E-state index contributed by atoms with van der Waals surface area (Å²) in [5, 5.41) is 2.39. The van der Waals surface area contributed by atoms with Crippen LogP contribution in [-0.4, -0.2) is 9.97 Å². The second-order valence-electron chi connectivity index (χ2n) is 22.8. The van der Waals surface area contributed by atoms with Gasteiger partial charge in [0.05, 0.1) is 30.2 Å². The van der Waals surface area contributed by atoms with Crippen molar-refractivity contribution in [2.24, 2.45) is 11.8 Å². The van der Waals surface area contributed by atoms with Gasteiger partial charge < -0.3 is 0 Å². The van der Waals surface area contributed by atoms with E-state index in [0.29, 0.717) is 0 Å². The Morgan fingerprint density at radius 3 is 0.833 bits per heavy atom. The molecule has 0 radical (unpaired) electrons. The normalized spacial score (nSPS) is 12.9. The number of aromatic nitrogens is 2. The molecule has 0 saturated heterocycles. The van der Waals surface area contributed by atoms with Crippen LogP contribution in [-0.2, 0) is 12.8 Å². The first kappa shape index (κ1) is 61.3. The largest absolute Gasteiger partial charge is 0.235 e. The molecule has 2 atom stereocenters. The number of thiazole rings is 2. The summed E-state index contributed by atoms with van der Waals surface area (Å²) in [5.41, 5.74) is 5.02. The van der Waals surface area contributed by atoms with Crippen LogP contribution in [0, 0.1) is 25.7 Å². The molecular weight excluding hydrogens is 949 g/mol. The van der Waals surface area contributed by atoms with Crippen molar-refractivity contribution in [2.45, 2.75) is 311 Å². The monoisotopic (exact) mass is 1060 g/mol. The minimum atomic E-state index is 0.812. The van der Waals surface area contributed by atoms with Crippen molar-refractivity contribution in [3.63, 3.8) is 0 Å². The Labute approximate surface area is 460 Å². The summed E-state index contributed by atoms with van der Waals surface area (Å²) in [6.45, 7) is 13.9. The van der Waals surface area contributed by atoms with Crippen LogP contribution >= 0.6 is 45.3 Å². The molecule has 0 aliphatic heterocycles. The second kappa shape index (κ2) is 38.0. The van der Waals surface area contributed by atoms with Crippen molar-refractivity contribution < 1.29 is 0 Å². The van der Waals surface area contributed by atoms with E-state index in [1.165, 1.54) is 321 Å². The number of benzene rings is 1. The van der Waals surface area contributed by atoms with Gasteiger partial charge in [-0.2, -0.15) is 0 Å². The number of hydrogen-bond donors (Lipinski definition) is 0. The van der Waals surface area contributed by atoms with Crippen molar-refractivity contribution in [1.82, 2.24) is 9.97 Å². The molecule has 72 heavy (non-hydrogen) atoms. The van der Waals surface area contributed by atoms with E-state index in [1.807, 2.05) is 45.3 Å². The molecule has 0 saturated carbocycles. The summed E-state index contributed by atoms with van der Waals surface area (Å²) in [6, 6.07) is 9.68. The van der Waals surface area contributed by atoms with Gasteiger partial charge in [0.15, 0.2) is 0 Å².